The van der Waals surface area contributed by atoms with Crippen molar-refractivity contribution < 1.29 is 4.21 Å². The van der Waals surface area contributed by atoms with Crippen LogP contribution in [0.15, 0.2) is 12.4 Å². The van der Waals surface area contributed by atoms with E-state index < -0.39 is 11.0 Å². The third-order valence-corrected chi connectivity index (χ3v) is 4.41. The molecule has 0 spiro atoms. The van der Waals surface area contributed by atoms with Gasteiger partial charge in [-0.3, -0.25) is 4.68 Å². The van der Waals surface area contributed by atoms with E-state index in [4.69, 9.17) is 5.26 Å². The summed E-state index contributed by atoms with van der Waals surface area (Å²) in [5, 5.41) is 13.2. The largest absolute Gasteiger partial charge is 0.263 e. The topological polar surface area (TPSA) is 61.9 Å². The molecule has 1 unspecified atom stereocenters. The molecule has 1 atom stereocenters. The molecule has 1 aliphatic heterocycles. The lowest BCUT2D eigenvalue weighted by molar-refractivity contribution is 0.0764. The fourth-order valence-electron chi connectivity index (χ4n) is 2.09. The summed E-state index contributed by atoms with van der Waals surface area (Å²) in [5.41, 5.74) is 0.797. The lowest BCUT2D eigenvalue weighted by Crippen LogP contribution is -2.63. The van der Waals surface area contributed by atoms with Crippen molar-refractivity contribution in [3.8, 4) is 6.07 Å². The fourth-order valence-corrected chi connectivity index (χ4v) is 3.23. The van der Waals surface area contributed by atoms with Gasteiger partial charge in [-0.05, 0) is 12.5 Å². The molecule has 5 nitrogen and oxygen atoms in total. The van der Waals surface area contributed by atoms with Crippen LogP contribution in [0.4, 0.5) is 0 Å². The van der Waals surface area contributed by atoms with Crippen LogP contribution < -0.4 is 0 Å². The van der Waals surface area contributed by atoms with E-state index in [0.717, 1.165) is 5.56 Å². The van der Waals surface area contributed by atoms with Gasteiger partial charge in [0.1, 0.15) is 5.54 Å². The molecule has 2 heterocycles. The van der Waals surface area contributed by atoms with Gasteiger partial charge in [-0.25, -0.2) is 8.51 Å². The van der Waals surface area contributed by atoms with Crippen molar-refractivity contribution in [1.82, 2.24) is 14.1 Å². The maximum absolute atomic E-state index is 11.6. The maximum Gasteiger partial charge on any atom is 0.103 e. The first-order chi connectivity index (χ1) is 8.11. The Morgan fingerprint density at radius 2 is 2.35 bits per heavy atom. The van der Waals surface area contributed by atoms with E-state index in [1.54, 1.807) is 6.20 Å². The van der Waals surface area contributed by atoms with E-state index in [0.29, 0.717) is 25.3 Å². The molecule has 0 N–H and O–H groups in total. The summed E-state index contributed by atoms with van der Waals surface area (Å²) in [6, 6.07) is 2.21. The monoisotopic (exact) mass is 252 g/mol. The predicted molar refractivity (Wildman–Crippen MR) is 65.4 cm³/mol. The van der Waals surface area contributed by atoms with Crippen LogP contribution in [-0.4, -0.2) is 37.1 Å². The average Bonchev–Trinajstić information content (AvgIpc) is 2.69. The molecule has 0 aromatic carbocycles. The molecular weight excluding hydrogens is 236 g/mol. The van der Waals surface area contributed by atoms with Gasteiger partial charge in [-0.2, -0.15) is 10.4 Å². The summed E-state index contributed by atoms with van der Waals surface area (Å²) < 4.78 is 15.4. The SMILES string of the molecule is CCS(=O)N1CC(CC#N)(n2cc(C)cn2)C1. The molecule has 0 saturated carbocycles. The number of hydrogen-bond donors (Lipinski definition) is 0. The van der Waals surface area contributed by atoms with Crippen molar-refractivity contribution in [2.75, 3.05) is 18.8 Å². The molecule has 92 valence electrons. The average molecular weight is 252 g/mol. The normalized spacial score (nSPS) is 20.5. The van der Waals surface area contributed by atoms with E-state index in [2.05, 4.69) is 11.2 Å². The molecule has 6 heteroatoms. The highest BCUT2D eigenvalue weighted by molar-refractivity contribution is 7.82. The first-order valence-electron chi connectivity index (χ1n) is 5.63. The number of aromatic nitrogens is 2. The second-order valence-corrected chi connectivity index (χ2v) is 6.17. The van der Waals surface area contributed by atoms with Crippen LogP contribution in [0.25, 0.3) is 0 Å². The lowest BCUT2D eigenvalue weighted by atomic mass is 9.89. The van der Waals surface area contributed by atoms with Crippen LogP contribution in [0.2, 0.25) is 0 Å². The van der Waals surface area contributed by atoms with E-state index in [1.807, 2.05) is 29.0 Å². The van der Waals surface area contributed by atoms with Crippen LogP contribution in [-0.2, 0) is 16.5 Å². The molecule has 1 aliphatic rings. The summed E-state index contributed by atoms with van der Waals surface area (Å²) >= 11 is 0. The Bertz CT molecular complexity index is 470. The predicted octanol–water partition coefficient (Wildman–Crippen LogP) is 0.800. The summed E-state index contributed by atoms with van der Waals surface area (Å²) in [4.78, 5) is 0. The zero-order chi connectivity index (χ0) is 12.5. The van der Waals surface area contributed by atoms with Gasteiger partial charge in [0.15, 0.2) is 0 Å². The Morgan fingerprint density at radius 3 is 2.82 bits per heavy atom. The van der Waals surface area contributed by atoms with Gasteiger partial charge < -0.3 is 0 Å². The van der Waals surface area contributed by atoms with Crippen LogP contribution in [0.5, 0.6) is 0 Å². The van der Waals surface area contributed by atoms with Crippen LogP contribution >= 0.6 is 0 Å². The molecule has 17 heavy (non-hydrogen) atoms. The van der Waals surface area contributed by atoms with Gasteiger partial charge >= 0.3 is 0 Å². The van der Waals surface area contributed by atoms with Crippen LogP contribution in [0, 0.1) is 18.3 Å². The molecule has 0 bridgehead atoms. The highest BCUT2D eigenvalue weighted by Gasteiger charge is 2.47. The summed E-state index contributed by atoms with van der Waals surface area (Å²) in [6.07, 6.45) is 4.15. The molecule has 1 saturated heterocycles. The summed E-state index contributed by atoms with van der Waals surface area (Å²) in [5.74, 6) is 0.626. The Kier molecular flexibility index (Phi) is 3.31. The van der Waals surface area contributed by atoms with E-state index in [1.165, 1.54) is 0 Å². The molecule has 0 aliphatic carbocycles. The van der Waals surface area contributed by atoms with Gasteiger partial charge in [0, 0.05) is 25.0 Å². The van der Waals surface area contributed by atoms with Crippen LogP contribution in [0.3, 0.4) is 0 Å². The Hall–Kier alpha value is -1.19. The molecule has 0 amide bonds. The Balaban J connectivity index is 2.16. The zero-order valence-electron chi connectivity index (χ0n) is 10.1. The van der Waals surface area contributed by atoms with Gasteiger partial charge in [0.2, 0.25) is 0 Å². The Labute approximate surface area is 104 Å². The second-order valence-electron chi connectivity index (χ2n) is 4.43. The molecule has 1 fully saturated rings. The van der Waals surface area contributed by atoms with Crippen molar-refractivity contribution in [3.63, 3.8) is 0 Å². The minimum atomic E-state index is -0.919. The standard InChI is InChI=1S/C11H16N4OS/c1-3-17(16)14-8-11(9-14,4-5-12)15-7-10(2)6-13-15/h6-7H,3-4,8-9H2,1-2H3. The zero-order valence-corrected chi connectivity index (χ0v) is 10.9. The summed E-state index contributed by atoms with van der Waals surface area (Å²) in [6.45, 7) is 5.16. The fraction of sp³-hybridized carbons (Fsp3) is 0.636. The van der Waals surface area contributed by atoms with Crippen molar-refractivity contribution >= 4 is 11.0 Å². The highest BCUT2D eigenvalue weighted by Crippen LogP contribution is 2.33. The lowest BCUT2D eigenvalue weighted by Gasteiger charge is -2.47. The van der Waals surface area contributed by atoms with E-state index in [9.17, 15) is 4.21 Å². The number of nitrogens with zero attached hydrogens (tertiary/aromatic N) is 4. The minimum Gasteiger partial charge on any atom is -0.263 e. The first-order valence-corrected chi connectivity index (χ1v) is 6.91. The van der Waals surface area contributed by atoms with Crippen LogP contribution in [0.1, 0.15) is 18.9 Å². The van der Waals surface area contributed by atoms with Crippen molar-refractivity contribution in [1.29, 1.82) is 5.26 Å². The van der Waals surface area contributed by atoms with Crippen molar-refractivity contribution in [3.05, 3.63) is 18.0 Å². The highest BCUT2D eigenvalue weighted by atomic mass is 32.2. The number of hydrogen-bond acceptors (Lipinski definition) is 3. The number of nitriles is 1. The minimum absolute atomic E-state index is 0.284. The van der Waals surface area contributed by atoms with E-state index >= 15 is 0 Å². The molecule has 1 aromatic rings. The summed E-state index contributed by atoms with van der Waals surface area (Å²) in [7, 11) is -0.919. The maximum atomic E-state index is 11.6. The number of rotatable bonds is 4. The molecule has 1 aromatic heterocycles. The first kappa shape index (κ1) is 12.3. The second kappa shape index (κ2) is 4.59. The third-order valence-electron chi connectivity index (χ3n) is 3.08. The van der Waals surface area contributed by atoms with E-state index in [-0.39, 0.29) is 5.54 Å². The Morgan fingerprint density at radius 1 is 1.65 bits per heavy atom. The molecule has 0 radical (unpaired) electrons. The van der Waals surface area contributed by atoms with Crippen molar-refractivity contribution in [2.45, 2.75) is 25.8 Å². The third kappa shape index (κ3) is 2.13. The molecule has 2 rings (SSSR count). The van der Waals surface area contributed by atoms with Gasteiger partial charge in [0.05, 0.1) is 29.7 Å². The molecular formula is C11H16N4OS. The van der Waals surface area contributed by atoms with Gasteiger partial charge in [-0.15, -0.1) is 0 Å². The van der Waals surface area contributed by atoms with Crippen molar-refractivity contribution in [2.24, 2.45) is 0 Å². The quantitative estimate of drug-likeness (QED) is 0.796. The number of aryl methyl sites for hydroxylation is 1. The van der Waals surface area contributed by atoms with Gasteiger partial charge in [-0.1, -0.05) is 6.92 Å². The smallest absolute Gasteiger partial charge is 0.103 e. The van der Waals surface area contributed by atoms with Gasteiger partial charge in [0.25, 0.3) is 0 Å².